The minimum Gasteiger partial charge on any atom is -0.308 e. The van der Waals surface area contributed by atoms with E-state index >= 15 is 0 Å². The normalized spacial score (nSPS) is 10.7. The van der Waals surface area contributed by atoms with Crippen LogP contribution in [0.5, 0.6) is 0 Å². The highest BCUT2D eigenvalue weighted by atomic mass is 19.2. The number of ketones is 1. The molecule has 31 heavy (non-hydrogen) atoms. The van der Waals surface area contributed by atoms with Crippen molar-refractivity contribution in [1.29, 1.82) is 0 Å². The van der Waals surface area contributed by atoms with E-state index in [4.69, 9.17) is 0 Å². The quantitative estimate of drug-likeness (QED) is 0.457. The van der Waals surface area contributed by atoms with E-state index < -0.39 is 29.3 Å². The van der Waals surface area contributed by atoms with E-state index in [1.807, 2.05) is 0 Å². The second-order valence-electron chi connectivity index (χ2n) is 6.56. The lowest BCUT2D eigenvalue weighted by atomic mass is 10.0. The molecule has 154 valence electrons. The summed E-state index contributed by atoms with van der Waals surface area (Å²) in [5, 5.41) is 5.31. The zero-order valence-electron chi connectivity index (χ0n) is 15.7. The van der Waals surface area contributed by atoms with Crippen LogP contribution < -0.4 is 10.6 Å². The molecular weight excluding hydrogens is 409 g/mol. The predicted molar refractivity (Wildman–Crippen MR) is 108 cm³/mol. The molecule has 0 unspecified atom stereocenters. The third-order valence-corrected chi connectivity index (χ3v) is 4.36. The lowest BCUT2D eigenvalue weighted by molar-refractivity contribution is 0.103. The van der Waals surface area contributed by atoms with Crippen LogP contribution in [0.1, 0.15) is 15.9 Å². The van der Waals surface area contributed by atoms with Gasteiger partial charge < -0.3 is 10.6 Å². The number of halogens is 3. The van der Waals surface area contributed by atoms with Crippen molar-refractivity contribution in [3.05, 3.63) is 95.7 Å². The maximum absolute atomic E-state index is 14.1. The second kappa shape index (κ2) is 8.23. The molecule has 4 aromatic rings. The van der Waals surface area contributed by atoms with Crippen LogP contribution in [0, 0.1) is 17.5 Å². The standard InChI is InChI=1S/C22H13F3N4O2/c23-15-6-13(21(30)12-1-4-20-14(5-12)10-26-11-27-20)7-17(8-15)29-22(31)28-16-2-3-18(24)19(25)9-16/h1-11H,(H2,28,29,31). The van der Waals surface area contributed by atoms with Gasteiger partial charge in [0, 0.05) is 40.2 Å². The Morgan fingerprint density at radius 1 is 0.774 bits per heavy atom. The van der Waals surface area contributed by atoms with Crippen LogP contribution in [0.2, 0.25) is 0 Å². The SMILES string of the molecule is O=C(Nc1cc(F)cc(C(=O)c2ccc3ncncc3c2)c1)Nc1ccc(F)c(F)c1. The molecule has 0 spiro atoms. The first kappa shape index (κ1) is 20.0. The van der Waals surface area contributed by atoms with Gasteiger partial charge in [-0.3, -0.25) is 4.79 Å². The monoisotopic (exact) mass is 422 g/mol. The van der Waals surface area contributed by atoms with Gasteiger partial charge in [-0.15, -0.1) is 0 Å². The third kappa shape index (κ3) is 4.50. The van der Waals surface area contributed by atoms with Gasteiger partial charge >= 0.3 is 6.03 Å². The van der Waals surface area contributed by atoms with Crippen LogP contribution in [0.4, 0.5) is 29.3 Å². The molecule has 0 aliphatic heterocycles. The summed E-state index contributed by atoms with van der Waals surface area (Å²) in [6, 6.07) is 10.2. The molecule has 2 N–H and O–H groups in total. The predicted octanol–water partition coefficient (Wildman–Crippen LogP) is 4.92. The van der Waals surface area contributed by atoms with E-state index in [2.05, 4.69) is 20.6 Å². The van der Waals surface area contributed by atoms with E-state index in [9.17, 15) is 22.8 Å². The van der Waals surface area contributed by atoms with Crippen LogP contribution in [-0.2, 0) is 0 Å². The van der Waals surface area contributed by atoms with E-state index in [1.165, 1.54) is 18.5 Å². The van der Waals surface area contributed by atoms with Crippen molar-refractivity contribution < 1.29 is 22.8 Å². The number of carbonyl (C=O) groups excluding carboxylic acids is 2. The number of rotatable bonds is 4. The van der Waals surface area contributed by atoms with Gasteiger partial charge in [0.15, 0.2) is 17.4 Å². The molecule has 0 atom stereocenters. The first-order chi connectivity index (χ1) is 14.9. The number of carbonyl (C=O) groups is 2. The number of urea groups is 1. The molecule has 1 aromatic heterocycles. The van der Waals surface area contributed by atoms with Crippen molar-refractivity contribution in [1.82, 2.24) is 9.97 Å². The van der Waals surface area contributed by atoms with E-state index in [0.717, 1.165) is 24.3 Å². The second-order valence-corrected chi connectivity index (χ2v) is 6.56. The fraction of sp³-hybridized carbons (Fsp3) is 0. The molecule has 2 amide bonds. The Morgan fingerprint density at radius 2 is 1.58 bits per heavy atom. The fourth-order valence-electron chi connectivity index (χ4n) is 2.95. The zero-order chi connectivity index (χ0) is 22.0. The molecule has 0 bridgehead atoms. The molecule has 0 fully saturated rings. The molecule has 0 saturated carbocycles. The number of hydrogen-bond donors (Lipinski definition) is 2. The topological polar surface area (TPSA) is 84.0 Å². The van der Waals surface area contributed by atoms with Crippen molar-refractivity contribution in [2.45, 2.75) is 0 Å². The zero-order valence-corrected chi connectivity index (χ0v) is 15.7. The highest BCUT2D eigenvalue weighted by molar-refractivity contribution is 6.11. The van der Waals surface area contributed by atoms with E-state index in [0.29, 0.717) is 16.5 Å². The van der Waals surface area contributed by atoms with E-state index in [-0.39, 0.29) is 16.9 Å². The molecule has 1 heterocycles. The Morgan fingerprint density at radius 3 is 2.39 bits per heavy atom. The van der Waals surface area contributed by atoms with Gasteiger partial charge in [0.1, 0.15) is 12.1 Å². The lowest BCUT2D eigenvalue weighted by Gasteiger charge is -2.10. The van der Waals surface area contributed by atoms with Gasteiger partial charge in [-0.25, -0.2) is 27.9 Å². The van der Waals surface area contributed by atoms with Crippen LogP contribution in [-0.4, -0.2) is 21.8 Å². The lowest BCUT2D eigenvalue weighted by Crippen LogP contribution is -2.20. The van der Waals surface area contributed by atoms with Gasteiger partial charge in [0.2, 0.25) is 0 Å². The van der Waals surface area contributed by atoms with Gasteiger partial charge in [-0.1, -0.05) is 0 Å². The number of amides is 2. The van der Waals surface area contributed by atoms with E-state index in [1.54, 1.807) is 24.4 Å². The van der Waals surface area contributed by atoms with Crippen molar-refractivity contribution >= 4 is 34.1 Å². The van der Waals surface area contributed by atoms with Gasteiger partial charge in [-0.2, -0.15) is 0 Å². The van der Waals surface area contributed by atoms with Crippen LogP contribution in [0.25, 0.3) is 10.9 Å². The minimum absolute atomic E-state index is 0.00230. The van der Waals surface area contributed by atoms with Crippen molar-refractivity contribution in [2.24, 2.45) is 0 Å². The summed E-state index contributed by atoms with van der Waals surface area (Å²) in [5.74, 6) is -3.39. The summed E-state index contributed by atoms with van der Waals surface area (Å²) < 4.78 is 40.4. The summed E-state index contributed by atoms with van der Waals surface area (Å²) in [6.45, 7) is 0. The largest absolute Gasteiger partial charge is 0.323 e. The Bertz CT molecular complexity index is 1330. The van der Waals surface area contributed by atoms with Gasteiger partial charge in [0.25, 0.3) is 0 Å². The van der Waals surface area contributed by atoms with Crippen molar-refractivity contribution in [2.75, 3.05) is 10.6 Å². The Hall–Kier alpha value is -4.27. The Balaban J connectivity index is 1.55. The average molecular weight is 422 g/mol. The average Bonchev–Trinajstić information content (AvgIpc) is 2.75. The number of benzene rings is 3. The number of hydrogen-bond acceptors (Lipinski definition) is 4. The molecule has 0 radical (unpaired) electrons. The number of fused-ring (bicyclic) bond motifs is 1. The van der Waals surface area contributed by atoms with Crippen LogP contribution in [0.15, 0.2) is 67.1 Å². The fourth-order valence-corrected chi connectivity index (χ4v) is 2.95. The third-order valence-electron chi connectivity index (χ3n) is 4.36. The molecule has 0 aliphatic rings. The van der Waals surface area contributed by atoms with Crippen molar-refractivity contribution in [3.8, 4) is 0 Å². The maximum Gasteiger partial charge on any atom is 0.323 e. The highest BCUT2D eigenvalue weighted by Crippen LogP contribution is 2.20. The van der Waals surface area contributed by atoms with Crippen LogP contribution >= 0.6 is 0 Å². The Kier molecular flexibility index (Phi) is 5.31. The molecule has 3 aromatic carbocycles. The number of nitrogens with zero attached hydrogens (tertiary/aromatic N) is 2. The summed E-state index contributed by atoms with van der Waals surface area (Å²) in [6.07, 6.45) is 2.94. The Labute approximate surface area is 173 Å². The van der Waals surface area contributed by atoms with Gasteiger partial charge in [-0.05, 0) is 48.5 Å². The maximum atomic E-state index is 14.1. The van der Waals surface area contributed by atoms with Gasteiger partial charge in [0.05, 0.1) is 5.52 Å². The number of nitrogens with one attached hydrogen (secondary N) is 2. The molecule has 0 saturated heterocycles. The molecule has 9 heteroatoms. The summed E-state index contributed by atoms with van der Waals surface area (Å²) in [5.41, 5.74) is 0.974. The van der Waals surface area contributed by atoms with Crippen LogP contribution in [0.3, 0.4) is 0 Å². The number of anilines is 2. The molecule has 0 aliphatic carbocycles. The minimum atomic E-state index is -1.13. The molecule has 6 nitrogen and oxygen atoms in total. The smallest absolute Gasteiger partial charge is 0.308 e. The number of aromatic nitrogens is 2. The first-order valence-electron chi connectivity index (χ1n) is 8.97. The summed E-state index contributed by atoms with van der Waals surface area (Å²) in [7, 11) is 0. The highest BCUT2D eigenvalue weighted by Gasteiger charge is 2.14. The molecular formula is C22H13F3N4O2. The first-order valence-corrected chi connectivity index (χ1v) is 8.97. The summed E-state index contributed by atoms with van der Waals surface area (Å²) >= 11 is 0. The molecule has 4 rings (SSSR count). The summed E-state index contributed by atoms with van der Waals surface area (Å²) in [4.78, 5) is 32.9. The van der Waals surface area contributed by atoms with Crippen molar-refractivity contribution in [3.63, 3.8) is 0 Å².